The molecule has 2 aromatic rings. The van der Waals surface area contributed by atoms with Gasteiger partial charge in [0.05, 0.1) is 11.8 Å². The first-order valence-electron chi connectivity index (χ1n) is 9.75. The van der Waals surface area contributed by atoms with Crippen molar-refractivity contribution < 1.29 is 9.18 Å². The molecule has 3 heterocycles. The molecule has 2 aliphatic heterocycles. The maximum Gasteiger partial charge on any atom is 0.257 e. The zero-order chi connectivity index (χ0) is 19.2. The van der Waals surface area contributed by atoms with E-state index in [0.29, 0.717) is 17.5 Å². The Bertz CT molecular complexity index is 829. The Morgan fingerprint density at radius 1 is 1.30 bits per heavy atom. The van der Waals surface area contributed by atoms with Crippen molar-refractivity contribution >= 4 is 11.6 Å². The fraction of sp³-hybridized carbons (Fsp3) is 0.524. The molecule has 1 aromatic heterocycles. The number of rotatable bonds is 3. The molecule has 0 unspecified atom stereocenters. The van der Waals surface area contributed by atoms with Gasteiger partial charge in [0, 0.05) is 43.1 Å². The number of aromatic nitrogens is 2. The summed E-state index contributed by atoms with van der Waals surface area (Å²) in [6.45, 7) is 8.77. The van der Waals surface area contributed by atoms with Gasteiger partial charge in [0.25, 0.3) is 5.91 Å². The summed E-state index contributed by atoms with van der Waals surface area (Å²) in [7, 11) is 0. The molecule has 6 heteroatoms. The molecule has 0 aliphatic carbocycles. The van der Waals surface area contributed by atoms with Crippen LogP contribution in [0.2, 0.25) is 0 Å². The predicted octanol–water partition coefficient (Wildman–Crippen LogP) is 3.56. The molecule has 0 spiro atoms. The predicted molar refractivity (Wildman–Crippen MR) is 103 cm³/mol. The van der Waals surface area contributed by atoms with Crippen LogP contribution in [0.4, 0.5) is 10.1 Å². The molecule has 27 heavy (non-hydrogen) atoms. The van der Waals surface area contributed by atoms with Crippen molar-refractivity contribution in [2.75, 3.05) is 18.0 Å². The first-order valence-corrected chi connectivity index (χ1v) is 9.75. The second kappa shape index (κ2) is 6.66. The smallest absolute Gasteiger partial charge is 0.257 e. The molecular weight excluding hydrogens is 343 g/mol. The van der Waals surface area contributed by atoms with Crippen molar-refractivity contribution in [2.24, 2.45) is 5.92 Å². The van der Waals surface area contributed by atoms with Crippen LogP contribution in [0.15, 0.2) is 36.7 Å². The SMILES string of the molecule is CCn1cc(C(=O)N2CC[C@H]3[C@@H](C2)CC(C)(C)N3c2ccc(F)cc2)cn1. The first kappa shape index (κ1) is 18.0. The van der Waals surface area contributed by atoms with Gasteiger partial charge < -0.3 is 9.80 Å². The van der Waals surface area contributed by atoms with E-state index in [0.717, 1.165) is 38.2 Å². The number of anilines is 1. The summed E-state index contributed by atoms with van der Waals surface area (Å²) in [4.78, 5) is 17.3. The number of nitrogens with zero attached hydrogens (tertiary/aromatic N) is 4. The number of amides is 1. The molecule has 1 aromatic carbocycles. The van der Waals surface area contributed by atoms with Gasteiger partial charge in [-0.05, 0) is 63.8 Å². The molecule has 2 saturated heterocycles. The third-order valence-corrected chi connectivity index (χ3v) is 6.04. The normalized spacial score (nSPS) is 24.1. The molecule has 0 saturated carbocycles. The van der Waals surface area contributed by atoms with Crippen LogP contribution in [0.5, 0.6) is 0 Å². The van der Waals surface area contributed by atoms with E-state index in [9.17, 15) is 9.18 Å². The van der Waals surface area contributed by atoms with Crippen LogP contribution in [0.25, 0.3) is 0 Å². The van der Waals surface area contributed by atoms with Crippen LogP contribution in [0, 0.1) is 11.7 Å². The summed E-state index contributed by atoms with van der Waals surface area (Å²) in [5.41, 5.74) is 1.72. The summed E-state index contributed by atoms with van der Waals surface area (Å²) >= 11 is 0. The number of carbonyl (C=O) groups is 1. The van der Waals surface area contributed by atoms with Crippen molar-refractivity contribution in [1.82, 2.24) is 14.7 Å². The summed E-state index contributed by atoms with van der Waals surface area (Å²) in [5.74, 6) is 0.288. The number of hydrogen-bond donors (Lipinski definition) is 0. The van der Waals surface area contributed by atoms with E-state index in [1.165, 1.54) is 12.1 Å². The van der Waals surface area contributed by atoms with Gasteiger partial charge in [-0.25, -0.2) is 4.39 Å². The zero-order valence-corrected chi connectivity index (χ0v) is 16.2. The number of likely N-dealkylation sites (tertiary alicyclic amines) is 1. The van der Waals surface area contributed by atoms with Crippen molar-refractivity contribution in [3.8, 4) is 0 Å². The van der Waals surface area contributed by atoms with Crippen molar-refractivity contribution in [1.29, 1.82) is 0 Å². The van der Waals surface area contributed by atoms with E-state index in [4.69, 9.17) is 0 Å². The average molecular weight is 370 g/mol. The molecule has 2 aliphatic rings. The summed E-state index contributed by atoms with van der Waals surface area (Å²) in [6.07, 6.45) is 5.45. The Labute approximate surface area is 159 Å². The van der Waals surface area contributed by atoms with Gasteiger partial charge in [-0.15, -0.1) is 0 Å². The lowest BCUT2D eigenvalue weighted by Crippen LogP contribution is -2.50. The van der Waals surface area contributed by atoms with Gasteiger partial charge in [0.1, 0.15) is 5.82 Å². The number of fused-ring (bicyclic) bond motifs is 1. The maximum absolute atomic E-state index is 13.4. The van der Waals surface area contributed by atoms with E-state index in [1.54, 1.807) is 10.9 Å². The topological polar surface area (TPSA) is 41.4 Å². The second-order valence-electron chi connectivity index (χ2n) is 8.31. The molecule has 1 amide bonds. The number of piperidine rings is 1. The molecule has 144 valence electrons. The van der Waals surface area contributed by atoms with Crippen LogP contribution < -0.4 is 4.90 Å². The summed E-state index contributed by atoms with van der Waals surface area (Å²) in [6, 6.07) is 7.19. The Balaban J connectivity index is 1.52. The van der Waals surface area contributed by atoms with Crippen LogP contribution in [-0.4, -0.2) is 45.3 Å². The molecule has 2 atom stereocenters. The highest BCUT2D eigenvalue weighted by Crippen LogP contribution is 2.44. The number of carbonyl (C=O) groups excluding carboxylic acids is 1. The van der Waals surface area contributed by atoms with Gasteiger partial charge >= 0.3 is 0 Å². The lowest BCUT2D eigenvalue weighted by Gasteiger charge is -2.41. The largest absolute Gasteiger partial charge is 0.363 e. The summed E-state index contributed by atoms with van der Waals surface area (Å²) in [5, 5.41) is 4.23. The highest BCUT2D eigenvalue weighted by atomic mass is 19.1. The van der Waals surface area contributed by atoms with Crippen molar-refractivity contribution in [2.45, 2.75) is 51.7 Å². The zero-order valence-electron chi connectivity index (χ0n) is 16.2. The molecule has 4 rings (SSSR count). The second-order valence-corrected chi connectivity index (χ2v) is 8.31. The molecule has 0 radical (unpaired) electrons. The highest BCUT2D eigenvalue weighted by molar-refractivity contribution is 5.93. The number of halogens is 1. The number of hydrogen-bond acceptors (Lipinski definition) is 3. The van der Waals surface area contributed by atoms with Gasteiger partial charge in [-0.3, -0.25) is 9.48 Å². The van der Waals surface area contributed by atoms with Gasteiger partial charge in [-0.1, -0.05) is 0 Å². The van der Waals surface area contributed by atoms with Crippen LogP contribution in [0.3, 0.4) is 0 Å². The van der Waals surface area contributed by atoms with E-state index in [1.807, 2.05) is 30.2 Å². The quantitative estimate of drug-likeness (QED) is 0.830. The van der Waals surface area contributed by atoms with Gasteiger partial charge in [-0.2, -0.15) is 5.10 Å². The van der Waals surface area contributed by atoms with E-state index >= 15 is 0 Å². The lowest BCUT2D eigenvalue weighted by molar-refractivity contribution is 0.0667. The fourth-order valence-corrected chi connectivity index (χ4v) is 4.91. The number of aryl methyl sites for hydroxylation is 1. The molecule has 2 fully saturated rings. The molecule has 5 nitrogen and oxygen atoms in total. The van der Waals surface area contributed by atoms with Crippen LogP contribution >= 0.6 is 0 Å². The number of benzene rings is 1. The van der Waals surface area contributed by atoms with Gasteiger partial charge in [0.15, 0.2) is 0 Å². The van der Waals surface area contributed by atoms with E-state index in [-0.39, 0.29) is 17.3 Å². The third kappa shape index (κ3) is 3.22. The Morgan fingerprint density at radius 3 is 2.70 bits per heavy atom. The van der Waals surface area contributed by atoms with E-state index in [2.05, 4.69) is 23.8 Å². The first-order chi connectivity index (χ1) is 12.9. The maximum atomic E-state index is 13.4. The minimum Gasteiger partial charge on any atom is -0.363 e. The van der Waals surface area contributed by atoms with Crippen molar-refractivity contribution in [3.63, 3.8) is 0 Å². The summed E-state index contributed by atoms with van der Waals surface area (Å²) < 4.78 is 15.1. The molecule has 0 bridgehead atoms. The van der Waals surface area contributed by atoms with Crippen LogP contribution in [0.1, 0.15) is 44.0 Å². The standard InChI is InChI=1S/C21H27FN4O/c1-4-25-14-16(12-23-25)20(27)24-10-9-19-15(13-24)11-21(2,3)26(19)18-7-5-17(22)6-8-18/h5-8,12,14-15,19H,4,9-11,13H2,1-3H3/t15-,19+/m1/s1. The minimum absolute atomic E-state index is 0.0146. The molecular formula is C21H27FN4O. The fourth-order valence-electron chi connectivity index (χ4n) is 4.91. The Morgan fingerprint density at radius 2 is 2.04 bits per heavy atom. The molecule has 0 N–H and O–H groups in total. The van der Waals surface area contributed by atoms with Gasteiger partial charge in [0.2, 0.25) is 0 Å². The Hall–Kier alpha value is -2.37. The monoisotopic (exact) mass is 370 g/mol. The average Bonchev–Trinajstić information content (AvgIpc) is 3.22. The van der Waals surface area contributed by atoms with Crippen LogP contribution in [-0.2, 0) is 6.54 Å². The highest BCUT2D eigenvalue weighted by Gasteiger charge is 2.48. The minimum atomic E-state index is -0.208. The lowest BCUT2D eigenvalue weighted by atomic mass is 9.89. The third-order valence-electron chi connectivity index (χ3n) is 6.04. The Kier molecular flexibility index (Phi) is 4.44. The van der Waals surface area contributed by atoms with Crippen molar-refractivity contribution in [3.05, 3.63) is 48.0 Å². The van der Waals surface area contributed by atoms with E-state index < -0.39 is 0 Å².